The number of carboxylic acid groups (broad SMARTS) is 1. The molecule has 4 heteroatoms. The molecule has 0 radical (unpaired) electrons. The fraction of sp³-hybridized carbons (Fsp3) is 0.455. The van der Waals surface area contributed by atoms with Gasteiger partial charge in [-0.2, -0.15) is 0 Å². The van der Waals surface area contributed by atoms with Crippen molar-refractivity contribution < 1.29 is 14.7 Å². The van der Waals surface area contributed by atoms with Gasteiger partial charge in [-0.3, -0.25) is 4.79 Å². The molecular formula is C11H17NO3. The van der Waals surface area contributed by atoms with Crippen LogP contribution in [-0.4, -0.2) is 17.0 Å². The molecular weight excluding hydrogens is 194 g/mol. The molecule has 0 heterocycles. The van der Waals surface area contributed by atoms with Gasteiger partial charge >= 0.3 is 5.97 Å². The average Bonchev–Trinajstić information content (AvgIpc) is 2.00. The number of carboxylic acids is 1. The van der Waals surface area contributed by atoms with Gasteiger partial charge in [-0.05, 0) is 19.3 Å². The molecule has 1 atom stereocenters. The van der Waals surface area contributed by atoms with Crippen LogP contribution in [0.1, 0.15) is 27.2 Å². The fourth-order valence-electron chi connectivity index (χ4n) is 1.26. The van der Waals surface area contributed by atoms with Gasteiger partial charge in [0.15, 0.2) is 0 Å². The van der Waals surface area contributed by atoms with Crippen LogP contribution >= 0.6 is 0 Å². The molecule has 0 aliphatic heterocycles. The smallest absolute Gasteiger partial charge is 0.330 e. The molecule has 0 saturated carbocycles. The van der Waals surface area contributed by atoms with Crippen molar-refractivity contribution in [1.82, 2.24) is 5.32 Å². The number of carbonyl (C=O) groups excluding carboxylic acids is 1. The van der Waals surface area contributed by atoms with E-state index >= 15 is 0 Å². The van der Waals surface area contributed by atoms with Crippen molar-refractivity contribution in [3.8, 4) is 0 Å². The Kier molecular flexibility index (Phi) is 6.09. The van der Waals surface area contributed by atoms with Gasteiger partial charge < -0.3 is 10.4 Å². The Balaban J connectivity index is 4.51. The van der Waals surface area contributed by atoms with Gasteiger partial charge in [-0.25, -0.2) is 4.79 Å². The maximum atomic E-state index is 10.8. The molecule has 15 heavy (non-hydrogen) atoms. The predicted octanol–water partition coefficient (Wildman–Crippen LogP) is 1.69. The third-order valence-corrected chi connectivity index (χ3v) is 1.70. The van der Waals surface area contributed by atoms with Crippen LogP contribution in [0.15, 0.2) is 23.9 Å². The number of amides is 1. The van der Waals surface area contributed by atoms with Gasteiger partial charge in [0, 0.05) is 18.7 Å². The van der Waals surface area contributed by atoms with Crippen LogP contribution in [0.5, 0.6) is 0 Å². The van der Waals surface area contributed by atoms with Crippen molar-refractivity contribution >= 4 is 11.9 Å². The van der Waals surface area contributed by atoms with Crippen molar-refractivity contribution in [3.05, 3.63) is 23.9 Å². The van der Waals surface area contributed by atoms with E-state index in [1.165, 1.54) is 6.92 Å². The minimum Gasteiger partial charge on any atom is -0.478 e. The highest BCUT2D eigenvalue weighted by Crippen LogP contribution is 2.10. The molecule has 0 rings (SSSR count). The second kappa shape index (κ2) is 6.81. The first kappa shape index (κ1) is 13.4. The van der Waals surface area contributed by atoms with Gasteiger partial charge in [0.1, 0.15) is 0 Å². The molecule has 0 saturated heterocycles. The van der Waals surface area contributed by atoms with Crippen molar-refractivity contribution in [2.75, 3.05) is 0 Å². The minimum absolute atomic E-state index is 0.201. The number of rotatable bonds is 5. The summed E-state index contributed by atoms with van der Waals surface area (Å²) in [7, 11) is 0. The zero-order chi connectivity index (χ0) is 11.8. The first-order valence-corrected chi connectivity index (χ1v) is 4.79. The maximum Gasteiger partial charge on any atom is 0.330 e. The van der Waals surface area contributed by atoms with Crippen LogP contribution in [0.2, 0.25) is 0 Å². The Morgan fingerprint density at radius 3 is 2.47 bits per heavy atom. The Hall–Kier alpha value is -1.58. The van der Waals surface area contributed by atoms with E-state index in [2.05, 4.69) is 5.32 Å². The van der Waals surface area contributed by atoms with Crippen LogP contribution in [0.25, 0.3) is 0 Å². The summed E-state index contributed by atoms with van der Waals surface area (Å²) in [6.07, 6.45) is 5.39. The molecule has 0 unspecified atom stereocenters. The lowest BCUT2D eigenvalue weighted by molar-refractivity contribution is -0.131. The largest absolute Gasteiger partial charge is 0.478 e. The summed E-state index contributed by atoms with van der Waals surface area (Å²) in [4.78, 5) is 21.3. The second-order valence-electron chi connectivity index (χ2n) is 3.40. The summed E-state index contributed by atoms with van der Waals surface area (Å²) in [5.41, 5.74) is 0.431. The molecule has 2 N–H and O–H groups in total. The highest BCUT2D eigenvalue weighted by atomic mass is 16.4. The highest BCUT2D eigenvalue weighted by Gasteiger charge is 2.06. The first-order chi connectivity index (χ1) is 6.95. The summed E-state index contributed by atoms with van der Waals surface area (Å²) in [5.74, 6) is -1.10. The first-order valence-electron chi connectivity index (χ1n) is 4.79. The van der Waals surface area contributed by atoms with E-state index in [0.29, 0.717) is 12.1 Å². The lowest BCUT2D eigenvalue weighted by Crippen LogP contribution is -2.21. The van der Waals surface area contributed by atoms with E-state index in [0.717, 1.165) is 6.08 Å². The zero-order valence-electron chi connectivity index (χ0n) is 9.28. The molecule has 1 amide bonds. The fourth-order valence-corrected chi connectivity index (χ4v) is 1.26. The Morgan fingerprint density at radius 1 is 1.47 bits per heavy atom. The van der Waals surface area contributed by atoms with Crippen molar-refractivity contribution in [2.24, 2.45) is 5.92 Å². The summed E-state index contributed by atoms with van der Waals surface area (Å²) >= 11 is 0. The van der Waals surface area contributed by atoms with Crippen LogP contribution in [0, 0.1) is 5.92 Å². The third-order valence-electron chi connectivity index (χ3n) is 1.70. The van der Waals surface area contributed by atoms with Gasteiger partial charge in [-0.1, -0.05) is 19.1 Å². The van der Waals surface area contributed by atoms with Crippen LogP contribution in [0.4, 0.5) is 0 Å². The second-order valence-corrected chi connectivity index (χ2v) is 3.40. The average molecular weight is 211 g/mol. The van der Waals surface area contributed by atoms with Crippen molar-refractivity contribution in [3.63, 3.8) is 0 Å². The molecule has 4 nitrogen and oxygen atoms in total. The number of nitrogens with one attached hydrogen (secondary N) is 1. The summed E-state index contributed by atoms with van der Waals surface area (Å²) < 4.78 is 0. The van der Waals surface area contributed by atoms with E-state index in [4.69, 9.17) is 5.11 Å². The normalized spacial score (nSPS) is 13.9. The molecule has 0 aromatic carbocycles. The molecule has 0 aliphatic rings. The van der Waals surface area contributed by atoms with Crippen LogP contribution in [-0.2, 0) is 9.59 Å². The Bertz CT molecular complexity index is 292. The molecule has 0 aromatic rings. The van der Waals surface area contributed by atoms with Gasteiger partial charge in [-0.15, -0.1) is 0 Å². The minimum atomic E-state index is -1.05. The van der Waals surface area contributed by atoms with Gasteiger partial charge in [0.2, 0.25) is 5.91 Å². The number of hydrogen-bond donors (Lipinski definition) is 2. The monoisotopic (exact) mass is 211 g/mol. The molecule has 84 valence electrons. The third kappa shape index (κ3) is 7.49. The topological polar surface area (TPSA) is 66.4 Å². The van der Waals surface area contributed by atoms with E-state index in [-0.39, 0.29) is 11.8 Å². The van der Waals surface area contributed by atoms with Crippen LogP contribution in [0.3, 0.4) is 0 Å². The van der Waals surface area contributed by atoms with E-state index in [1.807, 2.05) is 26.0 Å². The number of hydrogen-bond acceptors (Lipinski definition) is 2. The maximum absolute atomic E-state index is 10.8. The molecule has 0 bridgehead atoms. The van der Waals surface area contributed by atoms with Crippen molar-refractivity contribution in [1.29, 1.82) is 0 Å². The van der Waals surface area contributed by atoms with Gasteiger partial charge in [0.25, 0.3) is 0 Å². The van der Waals surface area contributed by atoms with Crippen LogP contribution < -0.4 is 5.32 Å². The van der Waals surface area contributed by atoms with E-state index in [9.17, 15) is 9.59 Å². The van der Waals surface area contributed by atoms with Crippen molar-refractivity contribution in [2.45, 2.75) is 27.2 Å². The standard InChI is InChI=1S/C11H17NO3/c1-4-5-8(2)6-10(7-11(14)15)12-9(3)13/h4-5,7-8H,6H2,1-3H3,(H,12,13)(H,14,15)/b5-4+,10-7-/t8-/m1/s1. The Morgan fingerprint density at radius 2 is 2.07 bits per heavy atom. The Labute approximate surface area is 89.7 Å². The quantitative estimate of drug-likeness (QED) is 0.537. The summed E-state index contributed by atoms with van der Waals surface area (Å²) in [6.45, 7) is 5.21. The molecule has 0 spiro atoms. The van der Waals surface area contributed by atoms with Gasteiger partial charge in [0.05, 0.1) is 0 Å². The summed E-state index contributed by atoms with van der Waals surface area (Å²) in [6, 6.07) is 0. The lowest BCUT2D eigenvalue weighted by Gasteiger charge is -2.10. The predicted molar refractivity (Wildman–Crippen MR) is 58.1 cm³/mol. The lowest BCUT2D eigenvalue weighted by atomic mass is 10.0. The van der Waals surface area contributed by atoms with E-state index in [1.54, 1.807) is 0 Å². The number of allylic oxidation sites excluding steroid dienone is 3. The number of aliphatic carboxylic acids is 1. The molecule has 0 aromatic heterocycles. The molecule has 0 aliphatic carbocycles. The highest BCUT2D eigenvalue weighted by molar-refractivity contribution is 5.83. The molecule has 0 fully saturated rings. The van der Waals surface area contributed by atoms with E-state index < -0.39 is 5.97 Å². The number of carbonyl (C=O) groups is 2. The zero-order valence-corrected chi connectivity index (χ0v) is 9.28. The summed E-state index contributed by atoms with van der Waals surface area (Å²) in [5, 5.41) is 11.1. The SMILES string of the molecule is C/C=C/[C@@H](C)C/C(=C/C(=O)O)NC(C)=O.